The fourth-order valence-electron chi connectivity index (χ4n) is 2.22. The van der Waals surface area contributed by atoms with Gasteiger partial charge in [0.1, 0.15) is 0 Å². The van der Waals surface area contributed by atoms with E-state index < -0.39 is 0 Å². The molecule has 1 aromatic heterocycles. The quantitative estimate of drug-likeness (QED) is 0.723. The molecule has 0 saturated heterocycles. The van der Waals surface area contributed by atoms with Gasteiger partial charge in [0.25, 0.3) is 0 Å². The minimum absolute atomic E-state index is 0.525. The molecular formula is C10H17N3. The van der Waals surface area contributed by atoms with Gasteiger partial charge in [0.05, 0.1) is 5.69 Å². The molecule has 1 heterocycles. The molecule has 1 aromatic rings. The van der Waals surface area contributed by atoms with E-state index in [4.69, 9.17) is 0 Å². The lowest BCUT2D eigenvalue weighted by atomic mass is 9.90. The van der Waals surface area contributed by atoms with Gasteiger partial charge in [-0.15, -0.1) is 0 Å². The molecular weight excluding hydrogens is 162 g/mol. The van der Waals surface area contributed by atoms with Gasteiger partial charge < -0.3 is 5.32 Å². The smallest absolute Gasteiger partial charge is 0.0670 e. The topological polar surface area (TPSA) is 40.7 Å². The van der Waals surface area contributed by atoms with E-state index in [9.17, 15) is 0 Å². The van der Waals surface area contributed by atoms with Crippen LogP contribution in [0.2, 0.25) is 0 Å². The number of H-pyrrole nitrogens is 1. The molecule has 1 atom stereocenters. The summed E-state index contributed by atoms with van der Waals surface area (Å²) in [4.78, 5) is 0. The van der Waals surface area contributed by atoms with Crippen molar-refractivity contribution in [1.82, 2.24) is 15.5 Å². The molecule has 0 fully saturated rings. The third-order valence-electron chi connectivity index (χ3n) is 2.91. The zero-order chi connectivity index (χ0) is 9.26. The fourth-order valence-corrected chi connectivity index (χ4v) is 2.22. The predicted octanol–water partition coefficient (Wildman–Crippen LogP) is 1.57. The van der Waals surface area contributed by atoms with E-state index in [2.05, 4.69) is 22.4 Å². The summed E-state index contributed by atoms with van der Waals surface area (Å²) in [6.07, 6.45) is 4.71. The molecule has 1 unspecified atom stereocenters. The number of rotatable bonds is 2. The van der Waals surface area contributed by atoms with E-state index in [1.54, 1.807) is 0 Å². The molecule has 2 N–H and O–H groups in total. The van der Waals surface area contributed by atoms with Crippen molar-refractivity contribution >= 4 is 0 Å². The van der Waals surface area contributed by atoms with Crippen molar-refractivity contribution in [2.45, 2.75) is 38.6 Å². The summed E-state index contributed by atoms with van der Waals surface area (Å²) >= 11 is 0. The molecule has 0 bridgehead atoms. The van der Waals surface area contributed by atoms with Crippen LogP contribution in [0.5, 0.6) is 0 Å². The molecule has 2 rings (SSSR count). The van der Waals surface area contributed by atoms with Gasteiger partial charge >= 0.3 is 0 Å². The van der Waals surface area contributed by atoms with Crippen LogP contribution in [-0.2, 0) is 12.8 Å². The first kappa shape index (κ1) is 8.75. The summed E-state index contributed by atoms with van der Waals surface area (Å²) in [5.74, 6) is 0. The Bertz CT molecular complexity index is 277. The maximum Gasteiger partial charge on any atom is 0.0670 e. The molecule has 3 nitrogen and oxygen atoms in total. The Hall–Kier alpha value is -0.830. The molecule has 1 aliphatic rings. The van der Waals surface area contributed by atoms with Gasteiger partial charge in [-0.2, -0.15) is 5.10 Å². The first-order valence-corrected chi connectivity index (χ1v) is 5.10. The number of hydrogen-bond acceptors (Lipinski definition) is 2. The zero-order valence-electron chi connectivity index (χ0n) is 8.35. The van der Waals surface area contributed by atoms with Crippen LogP contribution in [0.15, 0.2) is 0 Å². The highest BCUT2D eigenvalue weighted by Gasteiger charge is 2.23. The van der Waals surface area contributed by atoms with Crippen molar-refractivity contribution in [2.24, 2.45) is 0 Å². The number of nitrogens with one attached hydrogen (secondary N) is 2. The van der Waals surface area contributed by atoms with Crippen molar-refractivity contribution in [2.75, 3.05) is 7.05 Å². The van der Waals surface area contributed by atoms with Crippen molar-refractivity contribution in [3.05, 3.63) is 17.0 Å². The lowest BCUT2D eigenvalue weighted by Gasteiger charge is -2.22. The summed E-state index contributed by atoms with van der Waals surface area (Å²) in [6.45, 7) is 2.16. The second-order valence-electron chi connectivity index (χ2n) is 3.65. The normalized spacial score (nSPS) is 21.5. The Labute approximate surface area is 78.9 Å². The van der Waals surface area contributed by atoms with E-state index in [0.717, 1.165) is 6.42 Å². The van der Waals surface area contributed by atoms with Gasteiger partial charge in [0, 0.05) is 17.3 Å². The zero-order valence-corrected chi connectivity index (χ0v) is 8.35. The van der Waals surface area contributed by atoms with Crippen molar-refractivity contribution in [1.29, 1.82) is 0 Å². The number of hydrogen-bond donors (Lipinski definition) is 2. The molecule has 0 amide bonds. The highest BCUT2D eigenvalue weighted by Crippen LogP contribution is 2.30. The van der Waals surface area contributed by atoms with Gasteiger partial charge in [-0.05, 0) is 32.7 Å². The molecule has 13 heavy (non-hydrogen) atoms. The molecule has 0 spiro atoms. The second kappa shape index (κ2) is 3.50. The molecule has 0 aliphatic heterocycles. The predicted molar refractivity (Wildman–Crippen MR) is 52.7 cm³/mol. The van der Waals surface area contributed by atoms with Crippen LogP contribution < -0.4 is 5.32 Å². The van der Waals surface area contributed by atoms with Crippen LogP contribution in [-0.4, -0.2) is 17.2 Å². The monoisotopic (exact) mass is 179 g/mol. The molecule has 72 valence electrons. The summed E-state index contributed by atoms with van der Waals surface area (Å²) in [5.41, 5.74) is 4.03. The number of aryl methyl sites for hydroxylation is 2. The van der Waals surface area contributed by atoms with Gasteiger partial charge in [0.15, 0.2) is 0 Å². The maximum atomic E-state index is 4.35. The van der Waals surface area contributed by atoms with E-state index in [0.29, 0.717) is 6.04 Å². The molecule has 0 aromatic carbocycles. The maximum absolute atomic E-state index is 4.35. The first-order valence-electron chi connectivity index (χ1n) is 5.10. The highest BCUT2D eigenvalue weighted by molar-refractivity contribution is 5.31. The summed E-state index contributed by atoms with van der Waals surface area (Å²) in [5, 5.41) is 10.9. The summed E-state index contributed by atoms with van der Waals surface area (Å²) in [6, 6.07) is 0.525. The number of aromatic amines is 1. The minimum Gasteiger partial charge on any atom is -0.313 e. The summed E-state index contributed by atoms with van der Waals surface area (Å²) in [7, 11) is 2.03. The Balaban J connectivity index is 2.39. The lowest BCUT2D eigenvalue weighted by molar-refractivity contribution is 0.491. The van der Waals surface area contributed by atoms with E-state index in [1.165, 1.54) is 36.2 Å². The third kappa shape index (κ3) is 1.37. The largest absolute Gasteiger partial charge is 0.313 e. The van der Waals surface area contributed by atoms with Crippen molar-refractivity contribution in [3.8, 4) is 0 Å². The Kier molecular flexibility index (Phi) is 2.36. The standard InChI is InChI=1S/C10H17N3/c1-3-7-10-8(11-2)5-4-6-9(10)13-12-7/h8,11H,3-6H2,1-2H3,(H,12,13). The first-order chi connectivity index (χ1) is 6.36. The van der Waals surface area contributed by atoms with Crippen LogP contribution in [0.25, 0.3) is 0 Å². The van der Waals surface area contributed by atoms with Crippen LogP contribution in [0.3, 0.4) is 0 Å². The van der Waals surface area contributed by atoms with Gasteiger partial charge in [-0.1, -0.05) is 6.92 Å². The van der Waals surface area contributed by atoms with Gasteiger partial charge in [0.2, 0.25) is 0 Å². The lowest BCUT2D eigenvalue weighted by Crippen LogP contribution is -2.21. The Morgan fingerprint density at radius 1 is 1.62 bits per heavy atom. The van der Waals surface area contributed by atoms with E-state index >= 15 is 0 Å². The average Bonchev–Trinajstić information content (AvgIpc) is 2.60. The van der Waals surface area contributed by atoms with Gasteiger partial charge in [-0.25, -0.2) is 0 Å². The van der Waals surface area contributed by atoms with E-state index in [-0.39, 0.29) is 0 Å². The number of fused-ring (bicyclic) bond motifs is 1. The van der Waals surface area contributed by atoms with Gasteiger partial charge in [-0.3, -0.25) is 5.10 Å². The Morgan fingerprint density at radius 2 is 2.46 bits per heavy atom. The fraction of sp³-hybridized carbons (Fsp3) is 0.700. The molecule has 0 radical (unpaired) electrons. The van der Waals surface area contributed by atoms with Crippen LogP contribution >= 0.6 is 0 Å². The summed E-state index contributed by atoms with van der Waals surface area (Å²) < 4.78 is 0. The van der Waals surface area contributed by atoms with Crippen LogP contribution in [0.1, 0.15) is 42.8 Å². The third-order valence-corrected chi connectivity index (χ3v) is 2.91. The molecule has 3 heteroatoms. The SMILES string of the molecule is CCc1n[nH]c2c1C(NC)CCC2. The number of aromatic nitrogens is 2. The van der Waals surface area contributed by atoms with Crippen molar-refractivity contribution in [3.63, 3.8) is 0 Å². The molecule has 1 aliphatic carbocycles. The van der Waals surface area contributed by atoms with Crippen molar-refractivity contribution < 1.29 is 0 Å². The van der Waals surface area contributed by atoms with Crippen LogP contribution in [0, 0.1) is 0 Å². The second-order valence-corrected chi connectivity index (χ2v) is 3.65. The van der Waals surface area contributed by atoms with Crippen LogP contribution in [0.4, 0.5) is 0 Å². The highest BCUT2D eigenvalue weighted by atomic mass is 15.1. The number of nitrogens with zero attached hydrogens (tertiary/aromatic N) is 1. The molecule has 0 saturated carbocycles. The van der Waals surface area contributed by atoms with E-state index in [1.807, 2.05) is 7.05 Å². The minimum atomic E-state index is 0.525. The average molecular weight is 179 g/mol. The Morgan fingerprint density at radius 3 is 3.15 bits per heavy atom.